The summed E-state index contributed by atoms with van der Waals surface area (Å²) in [6.07, 6.45) is 2.06. The number of unbranched alkanes of at least 4 members (excludes halogenated alkanes) is 1. The lowest BCUT2D eigenvalue weighted by Crippen LogP contribution is -2.27. The molecular weight excluding hydrogens is 200 g/mol. The molecule has 0 aliphatic rings. The number of amides is 1. The van der Waals surface area contributed by atoms with Crippen LogP contribution in [0.3, 0.4) is 0 Å². The normalized spacial score (nSPS) is 9.93. The van der Waals surface area contributed by atoms with E-state index in [0.717, 1.165) is 19.3 Å². The summed E-state index contributed by atoms with van der Waals surface area (Å²) >= 11 is 4.72. The first-order valence-corrected chi connectivity index (χ1v) is 5.16. The molecule has 5 heteroatoms. The molecule has 0 unspecified atom stereocenters. The lowest BCUT2D eigenvalue weighted by Gasteiger charge is -2.08. The van der Waals surface area contributed by atoms with Gasteiger partial charge in [-0.15, -0.1) is 0 Å². The fraction of sp³-hybridized carbons (Fsp3) is 0.778. The molecule has 4 nitrogen and oxygen atoms in total. The average Bonchev–Trinajstić information content (AvgIpc) is 2.01. The Kier molecular flexibility index (Phi) is 7.10. The standard InChI is InChI=1S/C9H18N2O2S/c1-7(2)13-9(12)11-6-4-3-5-8(10)14/h7H,3-6H2,1-2H3,(H2,10,14)(H,11,12). The molecule has 82 valence electrons. The van der Waals surface area contributed by atoms with E-state index in [4.69, 9.17) is 22.7 Å². The lowest BCUT2D eigenvalue weighted by atomic mass is 10.2. The van der Waals surface area contributed by atoms with Gasteiger partial charge in [0.15, 0.2) is 0 Å². The van der Waals surface area contributed by atoms with Gasteiger partial charge in [-0.05, 0) is 33.1 Å². The third kappa shape index (κ3) is 9.25. The van der Waals surface area contributed by atoms with Crippen LogP contribution in [-0.2, 0) is 4.74 Å². The second kappa shape index (κ2) is 7.55. The first-order chi connectivity index (χ1) is 6.52. The molecule has 1 amide bonds. The molecule has 0 aliphatic heterocycles. The number of nitrogens with two attached hydrogens (primary N) is 1. The molecule has 0 aromatic heterocycles. The zero-order valence-corrected chi connectivity index (χ0v) is 9.52. The van der Waals surface area contributed by atoms with Crippen LogP contribution in [-0.4, -0.2) is 23.7 Å². The van der Waals surface area contributed by atoms with Gasteiger partial charge in [0.25, 0.3) is 0 Å². The van der Waals surface area contributed by atoms with Crippen LogP contribution in [0.25, 0.3) is 0 Å². The van der Waals surface area contributed by atoms with Crippen LogP contribution in [0.1, 0.15) is 33.1 Å². The lowest BCUT2D eigenvalue weighted by molar-refractivity contribution is 0.115. The summed E-state index contributed by atoms with van der Waals surface area (Å²) in [6, 6.07) is 0. The van der Waals surface area contributed by atoms with Crippen molar-refractivity contribution >= 4 is 23.3 Å². The zero-order valence-electron chi connectivity index (χ0n) is 8.71. The number of nitrogens with one attached hydrogen (secondary N) is 1. The van der Waals surface area contributed by atoms with E-state index in [2.05, 4.69) is 5.32 Å². The molecular formula is C9H18N2O2S. The van der Waals surface area contributed by atoms with E-state index in [1.165, 1.54) is 0 Å². The Balaban J connectivity index is 3.27. The fourth-order valence-corrected chi connectivity index (χ4v) is 1.01. The van der Waals surface area contributed by atoms with E-state index in [0.29, 0.717) is 11.5 Å². The number of thiocarbonyl (C=S) groups is 1. The minimum absolute atomic E-state index is 0.0772. The topological polar surface area (TPSA) is 64.3 Å². The van der Waals surface area contributed by atoms with Crippen molar-refractivity contribution in [2.75, 3.05) is 6.54 Å². The van der Waals surface area contributed by atoms with Crippen LogP contribution in [0.4, 0.5) is 4.79 Å². The summed E-state index contributed by atoms with van der Waals surface area (Å²) in [7, 11) is 0. The second-order valence-electron chi connectivity index (χ2n) is 3.30. The van der Waals surface area contributed by atoms with Crippen LogP contribution in [0.5, 0.6) is 0 Å². The summed E-state index contributed by atoms with van der Waals surface area (Å²) in [5.74, 6) is 0. The third-order valence-electron chi connectivity index (χ3n) is 1.46. The van der Waals surface area contributed by atoms with E-state index in [1.807, 2.05) is 13.8 Å². The van der Waals surface area contributed by atoms with Crippen LogP contribution in [0, 0.1) is 0 Å². The molecule has 0 aromatic carbocycles. The van der Waals surface area contributed by atoms with Gasteiger partial charge < -0.3 is 15.8 Å². The molecule has 0 fully saturated rings. The third-order valence-corrected chi connectivity index (χ3v) is 1.67. The van der Waals surface area contributed by atoms with Crippen LogP contribution < -0.4 is 11.1 Å². The van der Waals surface area contributed by atoms with Gasteiger partial charge in [-0.1, -0.05) is 12.2 Å². The predicted molar refractivity (Wildman–Crippen MR) is 60.3 cm³/mol. The molecule has 0 saturated carbocycles. The van der Waals surface area contributed by atoms with Crippen LogP contribution >= 0.6 is 12.2 Å². The molecule has 0 radical (unpaired) electrons. The maximum Gasteiger partial charge on any atom is 0.407 e. The number of rotatable bonds is 6. The number of carbonyl (C=O) groups excluding carboxylic acids is 1. The first-order valence-electron chi connectivity index (χ1n) is 4.75. The summed E-state index contributed by atoms with van der Waals surface area (Å²) in [5, 5.41) is 2.64. The van der Waals surface area contributed by atoms with Crippen molar-refractivity contribution in [1.29, 1.82) is 0 Å². The number of hydrogen-bond acceptors (Lipinski definition) is 3. The highest BCUT2D eigenvalue weighted by Gasteiger charge is 2.02. The van der Waals surface area contributed by atoms with E-state index in [-0.39, 0.29) is 12.2 Å². The molecule has 0 saturated heterocycles. The molecule has 0 atom stereocenters. The van der Waals surface area contributed by atoms with E-state index >= 15 is 0 Å². The average molecular weight is 218 g/mol. The Morgan fingerprint density at radius 1 is 1.50 bits per heavy atom. The SMILES string of the molecule is CC(C)OC(=O)NCCCCC(N)=S. The van der Waals surface area contributed by atoms with Gasteiger partial charge in [-0.25, -0.2) is 4.79 Å². The predicted octanol–water partition coefficient (Wildman–Crippen LogP) is 1.58. The number of carbonyl (C=O) groups is 1. The van der Waals surface area contributed by atoms with Crippen molar-refractivity contribution in [1.82, 2.24) is 5.32 Å². The zero-order chi connectivity index (χ0) is 11.0. The maximum absolute atomic E-state index is 11.0. The van der Waals surface area contributed by atoms with E-state index in [1.54, 1.807) is 0 Å². The molecule has 0 spiro atoms. The van der Waals surface area contributed by atoms with Crippen LogP contribution in [0.15, 0.2) is 0 Å². The largest absolute Gasteiger partial charge is 0.447 e. The highest BCUT2D eigenvalue weighted by molar-refractivity contribution is 7.80. The second-order valence-corrected chi connectivity index (χ2v) is 3.83. The Bertz CT molecular complexity index is 195. The Labute approximate surface area is 90.2 Å². The van der Waals surface area contributed by atoms with Gasteiger partial charge >= 0.3 is 6.09 Å². The fourth-order valence-electron chi connectivity index (χ4n) is 0.870. The van der Waals surface area contributed by atoms with Crippen molar-refractivity contribution in [3.63, 3.8) is 0 Å². The summed E-state index contributed by atoms with van der Waals surface area (Å²) in [6.45, 7) is 4.23. The van der Waals surface area contributed by atoms with Gasteiger partial charge in [-0.3, -0.25) is 0 Å². The molecule has 0 bridgehead atoms. The van der Waals surface area contributed by atoms with Crippen molar-refractivity contribution in [2.24, 2.45) is 5.73 Å². The Morgan fingerprint density at radius 3 is 2.64 bits per heavy atom. The Morgan fingerprint density at radius 2 is 2.14 bits per heavy atom. The summed E-state index contributed by atoms with van der Waals surface area (Å²) in [4.78, 5) is 11.5. The summed E-state index contributed by atoms with van der Waals surface area (Å²) < 4.78 is 4.88. The minimum Gasteiger partial charge on any atom is -0.447 e. The molecule has 0 heterocycles. The van der Waals surface area contributed by atoms with Gasteiger partial charge in [-0.2, -0.15) is 0 Å². The number of alkyl carbamates (subject to hydrolysis) is 1. The number of ether oxygens (including phenoxy) is 1. The van der Waals surface area contributed by atoms with Crippen molar-refractivity contribution < 1.29 is 9.53 Å². The highest BCUT2D eigenvalue weighted by Crippen LogP contribution is 1.94. The van der Waals surface area contributed by atoms with E-state index in [9.17, 15) is 4.79 Å². The van der Waals surface area contributed by atoms with Crippen molar-refractivity contribution in [3.05, 3.63) is 0 Å². The molecule has 0 aromatic rings. The smallest absolute Gasteiger partial charge is 0.407 e. The number of hydrogen-bond donors (Lipinski definition) is 2. The van der Waals surface area contributed by atoms with Gasteiger partial charge in [0.05, 0.1) is 11.1 Å². The maximum atomic E-state index is 11.0. The molecule has 3 N–H and O–H groups in total. The van der Waals surface area contributed by atoms with Gasteiger partial charge in [0, 0.05) is 6.54 Å². The van der Waals surface area contributed by atoms with Crippen molar-refractivity contribution in [2.45, 2.75) is 39.2 Å². The minimum atomic E-state index is -0.365. The Hall–Kier alpha value is -0.840. The quantitative estimate of drug-likeness (QED) is 0.525. The first kappa shape index (κ1) is 13.2. The molecule has 14 heavy (non-hydrogen) atoms. The van der Waals surface area contributed by atoms with Gasteiger partial charge in [0.2, 0.25) is 0 Å². The molecule has 0 aliphatic carbocycles. The van der Waals surface area contributed by atoms with Crippen LogP contribution in [0.2, 0.25) is 0 Å². The monoisotopic (exact) mass is 218 g/mol. The van der Waals surface area contributed by atoms with Crippen molar-refractivity contribution in [3.8, 4) is 0 Å². The molecule has 0 rings (SSSR count). The highest BCUT2D eigenvalue weighted by atomic mass is 32.1. The van der Waals surface area contributed by atoms with E-state index < -0.39 is 0 Å². The summed E-state index contributed by atoms with van der Waals surface area (Å²) in [5.41, 5.74) is 5.32. The van der Waals surface area contributed by atoms with Gasteiger partial charge in [0.1, 0.15) is 0 Å².